The minimum Gasteiger partial charge on any atom is -0.379 e. The molecule has 0 spiro atoms. The van der Waals surface area contributed by atoms with Crippen LogP contribution in [0.25, 0.3) is 5.69 Å². The summed E-state index contributed by atoms with van der Waals surface area (Å²) in [6.45, 7) is 2.75. The lowest BCUT2D eigenvalue weighted by Crippen LogP contribution is -2.06. The molecule has 2 aromatic heterocycles. The lowest BCUT2D eigenvalue weighted by molar-refractivity contribution is 0.720. The molecule has 20 heavy (non-hydrogen) atoms. The Morgan fingerprint density at radius 1 is 1.25 bits per heavy atom. The maximum atomic E-state index is 4.15. The standard InChI is InChI=1S/C13H15N7/c1-10-3-4-11(7-13(10)20-9-15-17-18-20)14-8-12-5-6-16-19(12)2/h3-7,9,14H,8H2,1-2H3. The first-order valence-corrected chi connectivity index (χ1v) is 6.29. The van der Waals surface area contributed by atoms with Gasteiger partial charge in [0, 0.05) is 18.9 Å². The maximum absolute atomic E-state index is 4.15. The average molecular weight is 269 g/mol. The number of aromatic nitrogens is 6. The Balaban J connectivity index is 1.81. The van der Waals surface area contributed by atoms with Crippen molar-refractivity contribution in [2.45, 2.75) is 13.5 Å². The number of hydrogen-bond donors (Lipinski definition) is 1. The van der Waals surface area contributed by atoms with Gasteiger partial charge in [0.15, 0.2) is 0 Å². The second-order valence-electron chi connectivity index (χ2n) is 4.56. The highest BCUT2D eigenvalue weighted by Crippen LogP contribution is 2.18. The summed E-state index contributed by atoms with van der Waals surface area (Å²) in [5.74, 6) is 0. The van der Waals surface area contributed by atoms with Gasteiger partial charge in [-0.15, -0.1) is 5.10 Å². The van der Waals surface area contributed by atoms with Crippen molar-refractivity contribution in [2.24, 2.45) is 7.05 Å². The Morgan fingerprint density at radius 2 is 2.15 bits per heavy atom. The van der Waals surface area contributed by atoms with Crippen molar-refractivity contribution in [1.82, 2.24) is 30.0 Å². The summed E-state index contributed by atoms with van der Waals surface area (Å²) in [4.78, 5) is 0. The van der Waals surface area contributed by atoms with E-state index in [2.05, 4.69) is 25.9 Å². The molecular formula is C13H15N7. The van der Waals surface area contributed by atoms with E-state index in [0.717, 1.165) is 22.6 Å². The number of rotatable bonds is 4. The zero-order valence-corrected chi connectivity index (χ0v) is 11.4. The molecule has 102 valence electrons. The third-order valence-electron chi connectivity index (χ3n) is 3.20. The van der Waals surface area contributed by atoms with E-state index in [1.165, 1.54) is 0 Å². The van der Waals surface area contributed by atoms with Crippen molar-refractivity contribution in [3.05, 3.63) is 48.0 Å². The number of benzene rings is 1. The molecule has 0 bridgehead atoms. The summed E-state index contributed by atoms with van der Waals surface area (Å²) in [5, 5.41) is 18.8. The van der Waals surface area contributed by atoms with Gasteiger partial charge in [0.2, 0.25) is 0 Å². The molecule has 0 amide bonds. The van der Waals surface area contributed by atoms with E-state index in [4.69, 9.17) is 0 Å². The van der Waals surface area contributed by atoms with Gasteiger partial charge < -0.3 is 5.32 Å². The minimum absolute atomic E-state index is 0.717. The molecule has 1 N–H and O–H groups in total. The highest BCUT2D eigenvalue weighted by atomic mass is 15.5. The van der Waals surface area contributed by atoms with E-state index in [1.54, 1.807) is 17.2 Å². The second-order valence-corrected chi connectivity index (χ2v) is 4.56. The van der Waals surface area contributed by atoms with Gasteiger partial charge in [0.1, 0.15) is 6.33 Å². The van der Waals surface area contributed by atoms with Crippen LogP contribution in [-0.4, -0.2) is 30.0 Å². The summed E-state index contributed by atoms with van der Waals surface area (Å²) in [6.07, 6.45) is 3.38. The van der Waals surface area contributed by atoms with E-state index in [1.807, 2.05) is 42.9 Å². The van der Waals surface area contributed by atoms with Crippen LogP contribution in [0.15, 0.2) is 36.8 Å². The predicted octanol–water partition coefficient (Wildman–Crippen LogP) is 1.32. The highest BCUT2D eigenvalue weighted by molar-refractivity contribution is 5.54. The van der Waals surface area contributed by atoms with Crippen LogP contribution in [0, 0.1) is 6.92 Å². The fourth-order valence-electron chi connectivity index (χ4n) is 2.01. The van der Waals surface area contributed by atoms with Gasteiger partial charge in [-0.25, -0.2) is 4.68 Å². The van der Waals surface area contributed by atoms with Gasteiger partial charge in [0.25, 0.3) is 0 Å². The van der Waals surface area contributed by atoms with Crippen LogP contribution in [0.5, 0.6) is 0 Å². The van der Waals surface area contributed by atoms with Gasteiger partial charge in [-0.3, -0.25) is 4.68 Å². The normalized spacial score (nSPS) is 10.7. The van der Waals surface area contributed by atoms with Crippen molar-refractivity contribution in [3.8, 4) is 5.69 Å². The number of tetrazole rings is 1. The van der Waals surface area contributed by atoms with Crippen LogP contribution in [0.4, 0.5) is 5.69 Å². The topological polar surface area (TPSA) is 73.5 Å². The summed E-state index contributed by atoms with van der Waals surface area (Å²) in [6, 6.07) is 8.10. The van der Waals surface area contributed by atoms with E-state index in [-0.39, 0.29) is 0 Å². The van der Waals surface area contributed by atoms with Gasteiger partial charge in [0.05, 0.1) is 17.9 Å². The average Bonchev–Trinajstić information content (AvgIpc) is 3.09. The maximum Gasteiger partial charge on any atom is 0.143 e. The molecule has 0 saturated heterocycles. The first kappa shape index (κ1) is 12.3. The molecule has 0 aliphatic rings. The molecule has 7 nitrogen and oxygen atoms in total. The van der Waals surface area contributed by atoms with Crippen LogP contribution >= 0.6 is 0 Å². The number of aryl methyl sites for hydroxylation is 2. The Labute approximate surface area is 116 Å². The molecule has 2 heterocycles. The lowest BCUT2D eigenvalue weighted by atomic mass is 10.2. The van der Waals surface area contributed by atoms with Gasteiger partial charge in [-0.2, -0.15) is 5.10 Å². The predicted molar refractivity (Wildman–Crippen MR) is 74.4 cm³/mol. The first-order chi connectivity index (χ1) is 9.74. The van der Waals surface area contributed by atoms with Crippen LogP contribution < -0.4 is 5.32 Å². The molecule has 0 radical (unpaired) electrons. The number of anilines is 1. The van der Waals surface area contributed by atoms with Crippen molar-refractivity contribution in [1.29, 1.82) is 0 Å². The van der Waals surface area contributed by atoms with Crippen molar-refractivity contribution in [3.63, 3.8) is 0 Å². The fraction of sp³-hybridized carbons (Fsp3) is 0.231. The van der Waals surface area contributed by atoms with E-state index in [0.29, 0.717) is 6.54 Å². The van der Waals surface area contributed by atoms with Crippen LogP contribution in [0.3, 0.4) is 0 Å². The van der Waals surface area contributed by atoms with Crippen molar-refractivity contribution >= 4 is 5.69 Å². The Hall–Kier alpha value is -2.70. The molecule has 0 fully saturated rings. The second kappa shape index (κ2) is 5.12. The highest BCUT2D eigenvalue weighted by Gasteiger charge is 2.05. The summed E-state index contributed by atoms with van der Waals surface area (Å²) >= 11 is 0. The molecule has 0 aliphatic carbocycles. The third-order valence-corrected chi connectivity index (χ3v) is 3.20. The van der Waals surface area contributed by atoms with Crippen LogP contribution in [0.2, 0.25) is 0 Å². The molecular weight excluding hydrogens is 254 g/mol. The van der Waals surface area contributed by atoms with E-state index in [9.17, 15) is 0 Å². The third kappa shape index (κ3) is 2.37. The fourth-order valence-corrected chi connectivity index (χ4v) is 2.01. The van der Waals surface area contributed by atoms with Gasteiger partial charge in [-0.1, -0.05) is 6.07 Å². The SMILES string of the molecule is Cc1ccc(NCc2ccnn2C)cc1-n1cnnn1. The van der Waals surface area contributed by atoms with Crippen LogP contribution in [-0.2, 0) is 13.6 Å². The lowest BCUT2D eigenvalue weighted by Gasteiger charge is -2.10. The van der Waals surface area contributed by atoms with E-state index < -0.39 is 0 Å². The molecule has 0 aliphatic heterocycles. The quantitative estimate of drug-likeness (QED) is 0.773. The number of hydrogen-bond acceptors (Lipinski definition) is 5. The summed E-state index contributed by atoms with van der Waals surface area (Å²) in [7, 11) is 1.93. The van der Waals surface area contributed by atoms with Gasteiger partial charge in [-0.05, 0) is 41.1 Å². The van der Waals surface area contributed by atoms with Crippen molar-refractivity contribution < 1.29 is 0 Å². The molecule has 0 saturated carbocycles. The summed E-state index contributed by atoms with van der Waals surface area (Å²) < 4.78 is 3.51. The smallest absolute Gasteiger partial charge is 0.143 e. The summed E-state index contributed by atoms with van der Waals surface area (Å²) in [5.41, 5.74) is 4.21. The molecule has 1 aromatic carbocycles. The van der Waals surface area contributed by atoms with Crippen LogP contribution in [0.1, 0.15) is 11.3 Å². The molecule has 0 atom stereocenters. The van der Waals surface area contributed by atoms with Crippen molar-refractivity contribution in [2.75, 3.05) is 5.32 Å². The van der Waals surface area contributed by atoms with E-state index >= 15 is 0 Å². The molecule has 3 rings (SSSR count). The first-order valence-electron chi connectivity index (χ1n) is 6.29. The molecule has 0 unspecified atom stereocenters. The zero-order chi connectivity index (χ0) is 13.9. The number of nitrogens with one attached hydrogen (secondary N) is 1. The monoisotopic (exact) mass is 269 g/mol. The molecule has 3 aromatic rings. The van der Waals surface area contributed by atoms with Gasteiger partial charge >= 0.3 is 0 Å². The Kier molecular flexibility index (Phi) is 3.16. The Bertz CT molecular complexity index is 699. The Morgan fingerprint density at radius 3 is 2.85 bits per heavy atom. The minimum atomic E-state index is 0.717. The molecule has 7 heteroatoms. The largest absolute Gasteiger partial charge is 0.379 e. The number of nitrogens with zero attached hydrogens (tertiary/aromatic N) is 6. The zero-order valence-electron chi connectivity index (χ0n) is 11.4.